The van der Waals surface area contributed by atoms with Gasteiger partial charge in [-0.25, -0.2) is 14.2 Å². The molecule has 1 heterocycles. The molecule has 0 aliphatic heterocycles. The third-order valence-corrected chi connectivity index (χ3v) is 4.02. The van der Waals surface area contributed by atoms with E-state index in [4.69, 9.17) is 44.6 Å². The Labute approximate surface area is 161 Å². The molecule has 0 fully saturated rings. The highest BCUT2D eigenvalue weighted by Crippen LogP contribution is 2.44. The third-order valence-electron chi connectivity index (χ3n) is 3.01. The van der Waals surface area contributed by atoms with Crippen LogP contribution in [-0.2, 0) is 4.79 Å². The van der Waals surface area contributed by atoms with Gasteiger partial charge in [-0.2, -0.15) is 0 Å². The molecule has 0 radical (unpaired) electrons. The summed E-state index contributed by atoms with van der Waals surface area (Å²) in [6.07, 6.45) is -1.70. The van der Waals surface area contributed by atoms with Gasteiger partial charge >= 0.3 is 6.16 Å². The summed E-state index contributed by atoms with van der Waals surface area (Å²) in [5.41, 5.74) is -0.455. The molecule has 0 spiro atoms. The summed E-state index contributed by atoms with van der Waals surface area (Å²) in [6.45, 7) is 1.20. The van der Waals surface area contributed by atoms with Crippen molar-refractivity contribution in [3.8, 4) is 22.9 Å². The van der Waals surface area contributed by atoms with Gasteiger partial charge in [-0.05, 0) is 12.1 Å². The summed E-state index contributed by atoms with van der Waals surface area (Å²) in [4.78, 5) is 26.0. The summed E-state index contributed by atoms with van der Waals surface area (Å²) in [7, 11) is 1.28. The topological polar surface area (TPSA) is 97.8 Å². The number of carboxylic acid groups (broad SMARTS) is 1. The van der Waals surface area contributed by atoms with E-state index in [-0.39, 0.29) is 37.8 Å². The molecule has 1 aromatic heterocycles. The minimum Gasteiger partial charge on any atom is -0.494 e. The Hall–Kier alpha value is -2.29. The number of benzene rings is 1. The van der Waals surface area contributed by atoms with Gasteiger partial charge in [0.25, 0.3) is 0 Å². The molecular weight excluding hydrogens is 414 g/mol. The predicted octanol–water partition coefficient (Wildman–Crippen LogP) is 4.87. The SMILES string of the molecule is COc1c(Cl)cc(F)c(-c2cc(NC(C)=O)c(Cl)c(OC(=O)O)n2)c1Cl. The molecule has 0 atom stereocenters. The van der Waals surface area contributed by atoms with Gasteiger partial charge in [-0.15, -0.1) is 0 Å². The number of nitrogens with zero attached hydrogens (tertiary/aromatic N) is 1. The number of anilines is 1. The molecule has 2 aromatic rings. The quantitative estimate of drug-likeness (QED) is 0.681. The lowest BCUT2D eigenvalue weighted by molar-refractivity contribution is -0.114. The Morgan fingerprint density at radius 3 is 2.42 bits per heavy atom. The Balaban J connectivity index is 2.77. The van der Waals surface area contributed by atoms with Crippen LogP contribution in [0.2, 0.25) is 15.1 Å². The second kappa shape index (κ2) is 7.94. The second-order valence-electron chi connectivity index (χ2n) is 4.79. The molecular formula is C15H10Cl3FN2O5. The van der Waals surface area contributed by atoms with Crippen LogP contribution in [0.25, 0.3) is 11.3 Å². The van der Waals surface area contributed by atoms with Crippen LogP contribution in [0.5, 0.6) is 11.6 Å². The van der Waals surface area contributed by atoms with Crippen molar-refractivity contribution < 1.29 is 28.6 Å². The van der Waals surface area contributed by atoms with Gasteiger partial charge in [0.2, 0.25) is 11.8 Å². The zero-order valence-electron chi connectivity index (χ0n) is 13.2. The number of ether oxygens (including phenoxy) is 2. The lowest BCUT2D eigenvalue weighted by Gasteiger charge is -2.14. The van der Waals surface area contributed by atoms with Crippen LogP contribution in [0.15, 0.2) is 12.1 Å². The zero-order valence-corrected chi connectivity index (χ0v) is 15.5. The second-order valence-corrected chi connectivity index (χ2v) is 5.95. The van der Waals surface area contributed by atoms with Crippen molar-refractivity contribution in [1.29, 1.82) is 0 Å². The highest BCUT2D eigenvalue weighted by Gasteiger charge is 2.23. The van der Waals surface area contributed by atoms with Crippen molar-refractivity contribution in [3.05, 3.63) is 33.0 Å². The number of hydrogen-bond donors (Lipinski definition) is 2. The van der Waals surface area contributed by atoms with Crippen LogP contribution in [0.4, 0.5) is 14.9 Å². The maximum Gasteiger partial charge on any atom is 0.512 e. The molecule has 0 aliphatic carbocycles. The molecule has 1 aromatic carbocycles. The van der Waals surface area contributed by atoms with Crippen molar-refractivity contribution in [1.82, 2.24) is 4.98 Å². The van der Waals surface area contributed by atoms with Crippen LogP contribution >= 0.6 is 34.8 Å². The standard InChI is InChI=1S/C15H10Cl3FN2O5/c1-5(22)20-9-4-8(21-14(11(9)17)26-15(23)24)10-7(19)3-6(16)13(25-2)12(10)18/h3-4H,1-2H3,(H,23,24)(H,20,21,22). The highest BCUT2D eigenvalue weighted by atomic mass is 35.5. The molecule has 11 heteroatoms. The van der Waals surface area contributed by atoms with E-state index in [0.717, 1.165) is 6.07 Å². The first-order valence-electron chi connectivity index (χ1n) is 6.76. The number of aromatic nitrogens is 1. The molecule has 1 amide bonds. The van der Waals surface area contributed by atoms with Crippen LogP contribution in [0.3, 0.4) is 0 Å². The number of amides is 1. The molecule has 7 nitrogen and oxygen atoms in total. The predicted molar refractivity (Wildman–Crippen MR) is 94.2 cm³/mol. The molecule has 0 saturated heterocycles. The van der Waals surface area contributed by atoms with Gasteiger partial charge in [-0.1, -0.05) is 34.8 Å². The number of methoxy groups -OCH3 is 1. The number of pyridine rings is 1. The molecule has 2 rings (SSSR count). The van der Waals surface area contributed by atoms with E-state index in [9.17, 15) is 14.0 Å². The van der Waals surface area contributed by atoms with Crippen LogP contribution in [0.1, 0.15) is 6.92 Å². The van der Waals surface area contributed by atoms with Crippen LogP contribution in [-0.4, -0.2) is 29.3 Å². The first kappa shape index (κ1) is 20.0. The fourth-order valence-electron chi connectivity index (χ4n) is 2.06. The van der Waals surface area contributed by atoms with E-state index >= 15 is 0 Å². The highest BCUT2D eigenvalue weighted by molar-refractivity contribution is 6.39. The zero-order chi connectivity index (χ0) is 19.6. The molecule has 0 unspecified atom stereocenters. The molecule has 0 bridgehead atoms. The van der Waals surface area contributed by atoms with E-state index in [0.29, 0.717) is 0 Å². The van der Waals surface area contributed by atoms with Gasteiger partial charge in [0.15, 0.2) is 5.75 Å². The number of halogens is 4. The lowest BCUT2D eigenvalue weighted by Crippen LogP contribution is -2.10. The van der Waals surface area contributed by atoms with Gasteiger partial charge in [0.1, 0.15) is 10.8 Å². The van der Waals surface area contributed by atoms with Crippen molar-refractivity contribution >= 4 is 52.6 Å². The van der Waals surface area contributed by atoms with Crippen LogP contribution in [0, 0.1) is 5.82 Å². The minimum absolute atomic E-state index is 0.0109. The Morgan fingerprint density at radius 2 is 1.88 bits per heavy atom. The Morgan fingerprint density at radius 1 is 1.23 bits per heavy atom. The largest absolute Gasteiger partial charge is 0.512 e. The molecule has 2 N–H and O–H groups in total. The van der Waals surface area contributed by atoms with Gasteiger partial charge in [0, 0.05) is 6.92 Å². The fraction of sp³-hybridized carbons (Fsp3) is 0.133. The van der Waals surface area contributed by atoms with Crippen molar-refractivity contribution in [2.45, 2.75) is 6.92 Å². The molecule has 138 valence electrons. The number of hydrogen-bond acceptors (Lipinski definition) is 5. The van der Waals surface area contributed by atoms with Gasteiger partial charge < -0.3 is 19.9 Å². The normalized spacial score (nSPS) is 10.4. The average molecular weight is 424 g/mol. The van der Waals surface area contributed by atoms with E-state index in [1.165, 1.54) is 20.1 Å². The van der Waals surface area contributed by atoms with Crippen molar-refractivity contribution in [2.75, 3.05) is 12.4 Å². The van der Waals surface area contributed by atoms with E-state index in [2.05, 4.69) is 15.0 Å². The van der Waals surface area contributed by atoms with E-state index in [1.807, 2.05) is 0 Å². The first-order valence-corrected chi connectivity index (χ1v) is 7.89. The Kier molecular flexibility index (Phi) is 6.12. The molecule has 0 saturated carbocycles. The first-order chi connectivity index (χ1) is 12.1. The smallest absolute Gasteiger partial charge is 0.494 e. The number of rotatable bonds is 4. The van der Waals surface area contributed by atoms with Gasteiger partial charge in [-0.3, -0.25) is 4.79 Å². The maximum atomic E-state index is 14.5. The van der Waals surface area contributed by atoms with E-state index in [1.54, 1.807) is 0 Å². The van der Waals surface area contributed by atoms with Crippen molar-refractivity contribution in [2.24, 2.45) is 0 Å². The fourth-order valence-corrected chi connectivity index (χ4v) is 2.92. The summed E-state index contributed by atoms with van der Waals surface area (Å²) in [6, 6.07) is 2.16. The summed E-state index contributed by atoms with van der Waals surface area (Å²) in [5, 5.41) is 10.6. The van der Waals surface area contributed by atoms with Gasteiger partial charge in [0.05, 0.1) is 34.1 Å². The number of carbonyl (C=O) groups is 2. The lowest BCUT2D eigenvalue weighted by atomic mass is 10.1. The monoisotopic (exact) mass is 422 g/mol. The molecule has 0 aliphatic rings. The third kappa shape index (κ3) is 4.09. The summed E-state index contributed by atoms with van der Waals surface area (Å²) in [5.74, 6) is -1.94. The average Bonchev–Trinajstić information content (AvgIpc) is 2.50. The van der Waals surface area contributed by atoms with E-state index < -0.39 is 23.8 Å². The number of nitrogens with one attached hydrogen (secondary N) is 1. The van der Waals surface area contributed by atoms with Crippen LogP contribution < -0.4 is 14.8 Å². The summed E-state index contributed by atoms with van der Waals surface area (Å²) < 4.78 is 24.0. The molecule has 26 heavy (non-hydrogen) atoms. The summed E-state index contributed by atoms with van der Waals surface area (Å²) >= 11 is 18.0. The van der Waals surface area contributed by atoms with Crippen molar-refractivity contribution in [3.63, 3.8) is 0 Å². The number of carbonyl (C=O) groups excluding carboxylic acids is 1. The minimum atomic E-state index is -1.70. The maximum absolute atomic E-state index is 14.5. The Bertz CT molecular complexity index is 870.